The summed E-state index contributed by atoms with van der Waals surface area (Å²) >= 11 is 1.95. The molecule has 2 unspecified atom stereocenters. The zero-order chi connectivity index (χ0) is 14.7. The summed E-state index contributed by atoms with van der Waals surface area (Å²) in [7, 11) is 0. The van der Waals surface area contributed by atoms with Crippen molar-refractivity contribution >= 4 is 17.4 Å². The van der Waals surface area contributed by atoms with E-state index in [9.17, 15) is 4.79 Å². The van der Waals surface area contributed by atoms with Crippen LogP contribution in [0.15, 0.2) is 35.3 Å². The molecule has 0 saturated heterocycles. The van der Waals surface area contributed by atoms with Gasteiger partial charge in [-0.15, -0.1) is 0 Å². The molecule has 1 fully saturated rings. The molecule has 2 aromatic rings. The lowest BCUT2D eigenvalue weighted by Gasteiger charge is -2.31. The Balaban J connectivity index is 1.74. The average molecular weight is 303 g/mol. The fourth-order valence-electron chi connectivity index (χ4n) is 3.04. The molecule has 21 heavy (non-hydrogen) atoms. The molecule has 2 heterocycles. The van der Waals surface area contributed by atoms with Crippen molar-refractivity contribution in [3.63, 3.8) is 0 Å². The van der Waals surface area contributed by atoms with Crippen molar-refractivity contribution in [3.8, 4) is 0 Å². The first-order valence-electron chi connectivity index (χ1n) is 7.51. The van der Waals surface area contributed by atoms with Crippen LogP contribution in [0.25, 0.3) is 5.65 Å². The topological polar surface area (TPSA) is 46.4 Å². The molecular formula is C16H21N3OS. The van der Waals surface area contributed by atoms with E-state index in [-0.39, 0.29) is 5.56 Å². The monoisotopic (exact) mass is 303 g/mol. The second-order valence-electron chi connectivity index (χ2n) is 5.56. The Labute approximate surface area is 129 Å². The molecule has 0 amide bonds. The highest BCUT2D eigenvalue weighted by Crippen LogP contribution is 2.27. The highest BCUT2D eigenvalue weighted by molar-refractivity contribution is 7.99. The van der Waals surface area contributed by atoms with Gasteiger partial charge in [-0.05, 0) is 31.2 Å². The van der Waals surface area contributed by atoms with Crippen LogP contribution in [0.4, 0.5) is 0 Å². The summed E-state index contributed by atoms with van der Waals surface area (Å²) in [5.41, 5.74) is 1.53. The number of nitrogens with zero attached hydrogens (tertiary/aromatic N) is 2. The van der Waals surface area contributed by atoms with Crippen LogP contribution in [-0.2, 0) is 6.54 Å². The van der Waals surface area contributed by atoms with Gasteiger partial charge in [-0.2, -0.15) is 11.8 Å². The first kappa shape index (κ1) is 14.6. The average Bonchev–Trinajstić information content (AvgIpc) is 2.53. The normalized spacial score (nSPS) is 22.5. The number of pyridine rings is 1. The number of nitrogens with one attached hydrogen (secondary N) is 1. The van der Waals surface area contributed by atoms with E-state index in [4.69, 9.17) is 0 Å². The van der Waals surface area contributed by atoms with E-state index < -0.39 is 0 Å². The Morgan fingerprint density at radius 1 is 1.38 bits per heavy atom. The predicted octanol–water partition coefficient (Wildman–Crippen LogP) is 2.46. The van der Waals surface area contributed by atoms with Crippen LogP contribution in [-0.4, -0.2) is 26.9 Å². The Bertz CT molecular complexity index is 670. The van der Waals surface area contributed by atoms with Gasteiger partial charge in [-0.25, -0.2) is 4.98 Å². The fraction of sp³-hybridized carbons (Fsp3) is 0.500. The van der Waals surface area contributed by atoms with Crippen molar-refractivity contribution in [2.75, 3.05) is 6.26 Å². The molecule has 1 saturated carbocycles. The number of hydrogen-bond acceptors (Lipinski definition) is 4. The zero-order valence-electron chi connectivity index (χ0n) is 12.3. The van der Waals surface area contributed by atoms with Gasteiger partial charge in [0.1, 0.15) is 5.65 Å². The van der Waals surface area contributed by atoms with E-state index >= 15 is 0 Å². The van der Waals surface area contributed by atoms with Gasteiger partial charge in [0.25, 0.3) is 5.56 Å². The molecule has 3 rings (SSSR count). The first-order valence-corrected chi connectivity index (χ1v) is 8.80. The van der Waals surface area contributed by atoms with E-state index in [2.05, 4.69) is 16.6 Å². The molecule has 2 aromatic heterocycles. The lowest BCUT2D eigenvalue weighted by Crippen LogP contribution is -2.40. The standard InChI is InChI=1S/C16H21N3OS/c1-21-14-7-3-2-6-13(14)17-11-12-10-16(20)19-9-5-4-8-15(19)18-12/h4-5,8-10,13-14,17H,2-3,6-7,11H2,1H3. The summed E-state index contributed by atoms with van der Waals surface area (Å²) < 4.78 is 1.58. The molecule has 0 aromatic carbocycles. The number of thioether (sulfide) groups is 1. The van der Waals surface area contributed by atoms with Gasteiger partial charge in [-0.3, -0.25) is 9.20 Å². The minimum Gasteiger partial charge on any atom is -0.307 e. The van der Waals surface area contributed by atoms with Crippen molar-refractivity contribution in [2.24, 2.45) is 0 Å². The van der Waals surface area contributed by atoms with Crippen LogP contribution in [0, 0.1) is 0 Å². The number of fused-ring (bicyclic) bond motifs is 1. The molecule has 0 bridgehead atoms. The van der Waals surface area contributed by atoms with Crippen molar-refractivity contribution < 1.29 is 0 Å². The molecule has 4 nitrogen and oxygen atoms in total. The van der Waals surface area contributed by atoms with Crippen molar-refractivity contribution in [3.05, 3.63) is 46.5 Å². The van der Waals surface area contributed by atoms with Crippen LogP contribution in [0.1, 0.15) is 31.4 Å². The van der Waals surface area contributed by atoms with Crippen molar-refractivity contribution in [1.82, 2.24) is 14.7 Å². The fourth-order valence-corrected chi connectivity index (χ4v) is 4.00. The van der Waals surface area contributed by atoms with Crippen LogP contribution < -0.4 is 10.9 Å². The minimum absolute atomic E-state index is 0.0116. The van der Waals surface area contributed by atoms with Gasteiger partial charge in [0.05, 0.1) is 5.69 Å². The molecule has 0 radical (unpaired) electrons. The summed E-state index contributed by atoms with van der Waals surface area (Å²) in [6.45, 7) is 0.669. The van der Waals surface area contributed by atoms with Gasteiger partial charge in [0.2, 0.25) is 0 Å². The Kier molecular flexibility index (Phi) is 4.60. The molecule has 1 aliphatic rings. The predicted molar refractivity (Wildman–Crippen MR) is 87.9 cm³/mol. The molecule has 2 atom stereocenters. The maximum Gasteiger partial charge on any atom is 0.258 e. The van der Waals surface area contributed by atoms with E-state index in [1.807, 2.05) is 30.0 Å². The van der Waals surface area contributed by atoms with Gasteiger partial charge in [-0.1, -0.05) is 18.9 Å². The van der Waals surface area contributed by atoms with Crippen molar-refractivity contribution in [2.45, 2.75) is 43.5 Å². The van der Waals surface area contributed by atoms with Gasteiger partial charge in [0.15, 0.2) is 0 Å². The smallest absolute Gasteiger partial charge is 0.258 e. The molecule has 1 N–H and O–H groups in total. The van der Waals surface area contributed by atoms with Crippen LogP contribution in [0.5, 0.6) is 0 Å². The molecule has 1 aliphatic carbocycles. The van der Waals surface area contributed by atoms with E-state index in [0.717, 1.165) is 5.69 Å². The summed E-state index contributed by atoms with van der Waals surface area (Å²) in [6.07, 6.45) is 9.07. The summed E-state index contributed by atoms with van der Waals surface area (Å²) in [6, 6.07) is 7.79. The number of rotatable bonds is 4. The van der Waals surface area contributed by atoms with E-state index in [0.29, 0.717) is 23.5 Å². The number of aromatic nitrogens is 2. The second-order valence-corrected chi connectivity index (χ2v) is 6.64. The Hall–Kier alpha value is -1.33. The largest absolute Gasteiger partial charge is 0.307 e. The third-order valence-corrected chi connectivity index (χ3v) is 5.34. The lowest BCUT2D eigenvalue weighted by atomic mass is 9.95. The third-order valence-electron chi connectivity index (χ3n) is 4.17. The zero-order valence-corrected chi connectivity index (χ0v) is 13.1. The maximum atomic E-state index is 12.1. The van der Waals surface area contributed by atoms with Crippen molar-refractivity contribution in [1.29, 1.82) is 0 Å². The number of hydrogen-bond donors (Lipinski definition) is 1. The van der Waals surface area contributed by atoms with Crippen LogP contribution >= 0.6 is 11.8 Å². The molecule has 0 aliphatic heterocycles. The molecule has 5 heteroatoms. The van der Waals surface area contributed by atoms with Gasteiger partial charge >= 0.3 is 0 Å². The highest BCUT2D eigenvalue weighted by atomic mass is 32.2. The Morgan fingerprint density at radius 2 is 2.24 bits per heavy atom. The molecule has 112 valence electrons. The summed E-state index contributed by atoms with van der Waals surface area (Å²) in [4.78, 5) is 16.6. The van der Waals surface area contributed by atoms with Crippen LogP contribution in [0.3, 0.4) is 0 Å². The molecule has 0 spiro atoms. The summed E-state index contributed by atoms with van der Waals surface area (Å²) in [5.74, 6) is 0. The quantitative estimate of drug-likeness (QED) is 0.942. The van der Waals surface area contributed by atoms with E-state index in [1.165, 1.54) is 25.7 Å². The second kappa shape index (κ2) is 6.62. The van der Waals surface area contributed by atoms with Crippen LogP contribution in [0.2, 0.25) is 0 Å². The third kappa shape index (κ3) is 3.30. The highest BCUT2D eigenvalue weighted by Gasteiger charge is 2.23. The SMILES string of the molecule is CSC1CCCCC1NCc1cc(=O)n2ccccc2n1. The first-order chi connectivity index (χ1) is 10.3. The van der Waals surface area contributed by atoms with Gasteiger partial charge < -0.3 is 5.32 Å². The maximum absolute atomic E-state index is 12.1. The minimum atomic E-state index is -0.0116. The summed E-state index contributed by atoms with van der Waals surface area (Å²) in [5, 5.41) is 4.28. The lowest BCUT2D eigenvalue weighted by molar-refractivity contribution is 0.381. The van der Waals surface area contributed by atoms with Gasteiger partial charge in [0, 0.05) is 30.1 Å². The van der Waals surface area contributed by atoms with E-state index in [1.54, 1.807) is 16.7 Å². The molecular weight excluding hydrogens is 282 g/mol. The Morgan fingerprint density at radius 3 is 3.10 bits per heavy atom.